The number of hydrogen-bond acceptors (Lipinski definition) is 1. The lowest BCUT2D eigenvalue weighted by molar-refractivity contribution is 0.101. The Morgan fingerprint density at radius 3 is 2.07 bits per heavy atom. The van der Waals surface area contributed by atoms with Crippen molar-refractivity contribution in [2.24, 2.45) is 0 Å². The van der Waals surface area contributed by atoms with Crippen LogP contribution in [0, 0.1) is 0 Å². The minimum absolute atomic E-state index is 0.0874. The molecular weight excluding hydrogens is 301 g/mol. The smallest absolute Gasteiger partial charge is 0.217 e. The van der Waals surface area contributed by atoms with Gasteiger partial charge < -0.3 is 0 Å². The molecule has 1 nitrogen and oxygen atoms in total. The van der Waals surface area contributed by atoms with Crippen molar-refractivity contribution < 1.29 is 4.79 Å². The molecule has 0 aromatic heterocycles. The van der Waals surface area contributed by atoms with Gasteiger partial charge in [-0.25, -0.2) is 0 Å². The van der Waals surface area contributed by atoms with E-state index in [9.17, 15) is 4.79 Å². The molecule has 0 aliphatic carbocycles. The molecule has 82 valence electrons. The molecule has 0 saturated heterocycles. The summed E-state index contributed by atoms with van der Waals surface area (Å²) in [5.41, 5.74) is 0.559. The van der Waals surface area contributed by atoms with Gasteiger partial charge in [-0.05, 0) is 13.0 Å². The van der Waals surface area contributed by atoms with E-state index >= 15 is 0 Å². The fourth-order valence-electron chi connectivity index (χ4n) is 1.04. The van der Waals surface area contributed by atoms with E-state index < -0.39 is 3.79 Å². The molecule has 1 aromatic carbocycles. The molecule has 15 heavy (non-hydrogen) atoms. The lowest BCUT2D eigenvalue weighted by Crippen LogP contribution is -2.04. The van der Waals surface area contributed by atoms with Crippen LogP contribution in [-0.4, -0.2) is 5.78 Å². The Morgan fingerprint density at radius 2 is 1.67 bits per heavy atom. The molecule has 1 aromatic rings. The second-order valence-corrected chi connectivity index (χ2v) is 5.88. The molecule has 0 radical (unpaired) electrons. The number of carbonyl (C=O) groups is 1. The molecule has 0 heterocycles. The van der Waals surface area contributed by atoms with Gasteiger partial charge in [0.15, 0.2) is 5.78 Å². The van der Waals surface area contributed by atoms with Crippen molar-refractivity contribution in [2.45, 2.75) is 10.7 Å². The average Bonchev–Trinajstić information content (AvgIpc) is 2.06. The molecular formula is C9H5Cl5O. The average molecular weight is 306 g/mol. The largest absolute Gasteiger partial charge is 0.294 e. The first kappa shape index (κ1) is 13.4. The summed E-state index contributed by atoms with van der Waals surface area (Å²) in [6.45, 7) is 1.38. The molecule has 0 saturated carbocycles. The van der Waals surface area contributed by atoms with Crippen LogP contribution in [0.4, 0.5) is 0 Å². The first-order chi connectivity index (χ1) is 6.75. The molecule has 0 atom stereocenters. The maximum absolute atomic E-state index is 11.1. The highest BCUT2D eigenvalue weighted by Crippen LogP contribution is 2.44. The molecule has 0 fully saturated rings. The fourth-order valence-corrected chi connectivity index (χ4v) is 2.26. The van der Waals surface area contributed by atoms with Gasteiger partial charge in [0.1, 0.15) is 0 Å². The van der Waals surface area contributed by atoms with E-state index in [1.54, 1.807) is 0 Å². The summed E-state index contributed by atoms with van der Waals surface area (Å²) in [5, 5.41) is 0.192. The predicted octanol–water partition coefficient (Wildman–Crippen LogP) is 5.02. The molecule has 0 aliphatic heterocycles. The minimum Gasteiger partial charge on any atom is -0.294 e. The first-order valence-electron chi connectivity index (χ1n) is 3.81. The van der Waals surface area contributed by atoms with Gasteiger partial charge in [0.25, 0.3) is 0 Å². The number of benzene rings is 1. The molecule has 0 N–H and O–H groups in total. The quantitative estimate of drug-likeness (QED) is 0.526. The third-order valence-electron chi connectivity index (χ3n) is 1.77. The van der Waals surface area contributed by atoms with Crippen molar-refractivity contribution in [2.75, 3.05) is 0 Å². The molecule has 0 bridgehead atoms. The van der Waals surface area contributed by atoms with Crippen LogP contribution in [0.2, 0.25) is 10.0 Å². The van der Waals surface area contributed by atoms with E-state index in [2.05, 4.69) is 0 Å². The van der Waals surface area contributed by atoms with Crippen LogP contribution >= 0.6 is 58.0 Å². The van der Waals surface area contributed by atoms with Crippen molar-refractivity contribution >= 4 is 63.8 Å². The highest BCUT2D eigenvalue weighted by Gasteiger charge is 2.28. The molecule has 0 amide bonds. The maximum atomic E-state index is 11.1. The second-order valence-electron chi connectivity index (χ2n) is 2.84. The monoisotopic (exact) mass is 304 g/mol. The summed E-state index contributed by atoms with van der Waals surface area (Å²) in [7, 11) is 0. The van der Waals surface area contributed by atoms with Crippen LogP contribution < -0.4 is 0 Å². The molecule has 6 heteroatoms. The molecule has 1 rings (SSSR count). The first-order valence-corrected chi connectivity index (χ1v) is 5.70. The number of Topliss-reactive ketones (excluding diaryl/α,β-unsaturated/α-hetero) is 1. The zero-order valence-corrected chi connectivity index (χ0v) is 11.2. The molecule has 0 aliphatic rings. The summed E-state index contributed by atoms with van der Waals surface area (Å²) in [6.07, 6.45) is 0. The van der Waals surface area contributed by atoms with Crippen molar-refractivity contribution in [1.29, 1.82) is 0 Å². The van der Waals surface area contributed by atoms with Gasteiger partial charge in [-0.1, -0.05) is 64.1 Å². The number of rotatable bonds is 1. The van der Waals surface area contributed by atoms with Crippen LogP contribution in [-0.2, 0) is 3.79 Å². The zero-order chi connectivity index (χ0) is 11.8. The lowest BCUT2D eigenvalue weighted by atomic mass is 10.1. The van der Waals surface area contributed by atoms with Gasteiger partial charge in [0.05, 0.1) is 10.0 Å². The third-order valence-corrected chi connectivity index (χ3v) is 3.26. The fraction of sp³-hybridized carbons (Fsp3) is 0.222. The maximum Gasteiger partial charge on any atom is 0.217 e. The Hall–Kier alpha value is 0.340. The van der Waals surface area contributed by atoms with Crippen LogP contribution in [0.1, 0.15) is 22.8 Å². The summed E-state index contributed by atoms with van der Waals surface area (Å²) in [4.78, 5) is 11.1. The highest BCUT2D eigenvalue weighted by atomic mass is 35.6. The topological polar surface area (TPSA) is 17.1 Å². The van der Waals surface area contributed by atoms with E-state index in [1.165, 1.54) is 19.1 Å². The Balaban J connectivity index is 3.41. The van der Waals surface area contributed by atoms with Crippen molar-refractivity contribution in [3.05, 3.63) is 33.3 Å². The highest BCUT2D eigenvalue weighted by molar-refractivity contribution is 6.67. The van der Waals surface area contributed by atoms with Crippen LogP contribution in [0.3, 0.4) is 0 Å². The number of ketones is 1. The summed E-state index contributed by atoms with van der Waals surface area (Å²) < 4.78 is -1.66. The van der Waals surface area contributed by atoms with Crippen LogP contribution in [0.5, 0.6) is 0 Å². The van der Waals surface area contributed by atoms with Crippen molar-refractivity contribution in [3.63, 3.8) is 0 Å². The third kappa shape index (κ3) is 2.92. The van der Waals surface area contributed by atoms with Gasteiger partial charge in [-0.3, -0.25) is 4.79 Å². The standard InChI is InChI=1S/C9H5Cl5O/c1-4(15)5-2-3-6(9(12,13)14)8(11)7(5)10/h2-3H,1H3. The van der Waals surface area contributed by atoms with Gasteiger partial charge in [-0.2, -0.15) is 0 Å². The van der Waals surface area contributed by atoms with Gasteiger partial charge in [0.2, 0.25) is 3.79 Å². The lowest BCUT2D eigenvalue weighted by Gasteiger charge is -2.15. The van der Waals surface area contributed by atoms with Crippen molar-refractivity contribution in [3.8, 4) is 0 Å². The van der Waals surface area contributed by atoms with Crippen molar-refractivity contribution in [1.82, 2.24) is 0 Å². The molecule has 0 unspecified atom stereocenters. The SMILES string of the molecule is CC(=O)c1ccc(C(Cl)(Cl)Cl)c(Cl)c1Cl. The number of carbonyl (C=O) groups excluding carboxylic acids is 1. The van der Waals surface area contributed by atoms with E-state index in [0.717, 1.165) is 0 Å². The molecule has 0 spiro atoms. The summed E-state index contributed by atoms with van der Waals surface area (Å²) in [6, 6.07) is 2.95. The van der Waals surface area contributed by atoms with Crippen LogP contribution in [0.25, 0.3) is 0 Å². The summed E-state index contributed by atoms with van der Waals surface area (Å²) >= 11 is 28.8. The van der Waals surface area contributed by atoms with Gasteiger partial charge >= 0.3 is 0 Å². The zero-order valence-electron chi connectivity index (χ0n) is 7.45. The van der Waals surface area contributed by atoms with E-state index in [4.69, 9.17) is 58.0 Å². The normalized spacial score (nSPS) is 11.6. The Morgan fingerprint density at radius 1 is 1.13 bits per heavy atom. The number of hydrogen-bond donors (Lipinski definition) is 0. The number of halogens is 5. The Kier molecular flexibility index (Phi) is 4.19. The predicted molar refractivity (Wildman–Crippen MR) is 65.7 cm³/mol. The minimum atomic E-state index is -1.66. The van der Waals surface area contributed by atoms with E-state index in [0.29, 0.717) is 5.56 Å². The van der Waals surface area contributed by atoms with Gasteiger partial charge in [0, 0.05) is 11.1 Å². The second kappa shape index (κ2) is 4.68. The Bertz CT molecular complexity index is 408. The summed E-state index contributed by atoms with van der Waals surface area (Å²) in [5.74, 6) is -0.197. The van der Waals surface area contributed by atoms with Gasteiger partial charge in [-0.15, -0.1) is 0 Å². The van der Waals surface area contributed by atoms with Crippen LogP contribution in [0.15, 0.2) is 12.1 Å². The van der Waals surface area contributed by atoms with E-state index in [1.807, 2.05) is 0 Å². The Labute approximate surface area is 112 Å². The number of alkyl halides is 3. The van der Waals surface area contributed by atoms with E-state index in [-0.39, 0.29) is 21.4 Å².